The van der Waals surface area contributed by atoms with Crippen molar-refractivity contribution in [2.45, 2.75) is 19.4 Å². The van der Waals surface area contributed by atoms with Gasteiger partial charge in [0.2, 0.25) is 5.13 Å². The third-order valence-corrected chi connectivity index (χ3v) is 1.93. The van der Waals surface area contributed by atoms with Crippen LogP contribution in [-0.2, 0) is 0 Å². The highest BCUT2D eigenvalue weighted by atomic mass is 32.1. The van der Waals surface area contributed by atoms with Gasteiger partial charge in [0.05, 0.1) is 0 Å². The molecule has 62 valence electrons. The van der Waals surface area contributed by atoms with E-state index in [1.807, 2.05) is 0 Å². The van der Waals surface area contributed by atoms with E-state index in [1.165, 1.54) is 11.5 Å². The van der Waals surface area contributed by atoms with Gasteiger partial charge in [0.15, 0.2) is 0 Å². The molecule has 4 nitrogen and oxygen atoms in total. The van der Waals surface area contributed by atoms with E-state index in [0.29, 0.717) is 12.6 Å². The highest BCUT2D eigenvalue weighted by Gasteiger charge is 2.01. The summed E-state index contributed by atoms with van der Waals surface area (Å²) < 4.78 is 3.87. The van der Waals surface area contributed by atoms with Gasteiger partial charge in [-0.05, 0) is 19.9 Å². The van der Waals surface area contributed by atoms with Crippen molar-refractivity contribution in [1.29, 1.82) is 0 Å². The van der Waals surface area contributed by atoms with Gasteiger partial charge in [-0.1, -0.05) is 0 Å². The van der Waals surface area contributed by atoms with Gasteiger partial charge in [0.1, 0.15) is 6.33 Å². The van der Waals surface area contributed by atoms with Crippen LogP contribution in [-0.4, -0.2) is 21.9 Å². The van der Waals surface area contributed by atoms with Gasteiger partial charge < -0.3 is 11.1 Å². The molecule has 0 fully saturated rings. The molecule has 5 heteroatoms. The predicted molar refractivity (Wildman–Crippen MR) is 46.7 cm³/mol. The van der Waals surface area contributed by atoms with Crippen LogP contribution in [0.2, 0.25) is 0 Å². The van der Waals surface area contributed by atoms with Crippen LogP contribution in [0.5, 0.6) is 0 Å². The molecule has 0 saturated heterocycles. The summed E-state index contributed by atoms with van der Waals surface area (Å²) in [4.78, 5) is 3.99. The number of nitrogens with zero attached hydrogens (tertiary/aromatic N) is 2. The minimum atomic E-state index is 0.382. The number of hydrogen-bond donors (Lipinski definition) is 2. The molecule has 1 aromatic rings. The Hall–Kier alpha value is -0.680. The maximum absolute atomic E-state index is 5.39. The number of nitrogens with two attached hydrogens (primary N) is 1. The normalized spacial score (nSPS) is 12.9. The zero-order chi connectivity index (χ0) is 8.10. The maximum Gasteiger partial charge on any atom is 0.202 e. The molecule has 1 rings (SSSR count). The van der Waals surface area contributed by atoms with E-state index < -0.39 is 0 Å². The van der Waals surface area contributed by atoms with E-state index in [0.717, 1.165) is 11.6 Å². The Morgan fingerprint density at radius 1 is 1.82 bits per heavy atom. The molecule has 0 radical (unpaired) electrons. The zero-order valence-electron chi connectivity index (χ0n) is 6.45. The molecule has 1 heterocycles. The van der Waals surface area contributed by atoms with Gasteiger partial charge in [0.25, 0.3) is 0 Å². The number of anilines is 1. The molecular weight excluding hydrogens is 160 g/mol. The average Bonchev–Trinajstić information content (AvgIpc) is 2.40. The first-order valence-electron chi connectivity index (χ1n) is 3.56. The summed E-state index contributed by atoms with van der Waals surface area (Å²) in [7, 11) is 0. The van der Waals surface area contributed by atoms with Crippen molar-refractivity contribution in [1.82, 2.24) is 9.36 Å². The quantitative estimate of drug-likeness (QED) is 0.701. The Morgan fingerprint density at radius 2 is 2.64 bits per heavy atom. The lowest BCUT2D eigenvalue weighted by Gasteiger charge is -2.09. The van der Waals surface area contributed by atoms with Crippen LogP contribution in [0.15, 0.2) is 6.33 Å². The molecule has 0 saturated carbocycles. The predicted octanol–water partition coefficient (Wildman–Crippen LogP) is 0.687. The third kappa shape index (κ3) is 2.81. The molecule has 0 bridgehead atoms. The Morgan fingerprint density at radius 3 is 3.18 bits per heavy atom. The third-order valence-electron chi connectivity index (χ3n) is 1.33. The Bertz CT molecular complexity index is 186. The topological polar surface area (TPSA) is 63.8 Å². The molecular formula is C6H12N4S. The minimum Gasteiger partial charge on any atom is -0.358 e. The summed E-state index contributed by atoms with van der Waals surface area (Å²) in [6.45, 7) is 2.78. The van der Waals surface area contributed by atoms with Crippen LogP contribution in [0.1, 0.15) is 13.3 Å². The zero-order valence-corrected chi connectivity index (χ0v) is 7.27. The van der Waals surface area contributed by atoms with E-state index in [9.17, 15) is 0 Å². The summed E-state index contributed by atoms with van der Waals surface area (Å²) >= 11 is 1.36. The molecule has 1 unspecified atom stereocenters. The van der Waals surface area contributed by atoms with Crippen LogP contribution < -0.4 is 11.1 Å². The SMILES string of the molecule is CC(CCN)Nc1ncns1. The standard InChI is InChI=1S/C6H12N4S/c1-5(2-3-7)10-6-8-4-9-11-6/h4-5H,2-3,7H2,1H3,(H,8,9,10). The van der Waals surface area contributed by atoms with Gasteiger partial charge >= 0.3 is 0 Å². The van der Waals surface area contributed by atoms with Gasteiger partial charge in [-0.25, -0.2) is 4.98 Å². The summed E-state index contributed by atoms with van der Waals surface area (Å²) in [6, 6.07) is 0.382. The Kier molecular flexibility index (Phi) is 3.25. The first-order chi connectivity index (χ1) is 5.33. The monoisotopic (exact) mass is 172 g/mol. The first-order valence-corrected chi connectivity index (χ1v) is 4.33. The number of aromatic nitrogens is 2. The molecule has 3 N–H and O–H groups in total. The molecule has 0 aliphatic carbocycles. The first kappa shape index (κ1) is 8.42. The van der Waals surface area contributed by atoms with Crippen molar-refractivity contribution < 1.29 is 0 Å². The van der Waals surface area contributed by atoms with E-state index in [2.05, 4.69) is 21.6 Å². The summed E-state index contributed by atoms with van der Waals surface area (Å²) in [6.07, 6.45) is 2.50. The second kappa shape index (κ2) is 4.25. The van der Waals surface area contributed by atoms with E-state index in [1.54, 1.807) is 6.33 Å². The second-order valence-corrected chi connectivity index (χ2v) is 3.15. The Labute approximate surface area is 70.0 Å². The van der Waals surface area contributed by atoms with Crippen molar-refractivity contribution in [3.8, 4) is 0 Å². The molecule has 0 aliphatic rings. The van der Waals surface area contributed by atoms with Crippen LogP contribution in [0.4, 0.5) is 5.13 Å². The second-order valence-electron chi connectivity index (χ2n) is 2.37. The fourth-order valence-corrected chi connectivity index (χ4v) is 1.31. The lowest BCUT2D eigenvalue weighted by Crippen LogP contribution is -2.19. The molecule has 0 aliphatic heterocycles. The highest BCUT2D eigenvalue weighted by Crippen LogP contribution is 2.08. The molecule has 1 aromatic heterocycles. The number of rotatable bonds is 4. The van der Waals surface area contributed by atoms with Crippen molar-refractivity contribution >= 4 is 16.7 Å². The van der Waals surface area contributed by atoms with Crippen LogP contribution >= 0.6 is 11.5 Å². The summed E-state index contributed by atoms with van der Waals surface area (Å²) in [5.41, 5.74) is 5.39. The van der Waals surface area contributed by atoms with Gasteiger partial charge in [-0.3, -0.25) is 0 Å². The maximum atomic E-state index is 5.39. The fraction of sp³-hybridized carbons (Fsp3) is 0.667. The molecule has 1 atom stereocenters. The smallest absolute Gasteiger partial charge is 0.202 e. The largest absolute Gasteiger partial charge is 0.358 e. The summed E-state index contributed by atoms with van der Waals surface area (Å²) in [5, 5.41) is 4.05. The van der Waals surface area contributed by atoms with Crippen molar-refractivity contribution in [2.24, 2.45) is 5.73 Å². The highest BCUT2D eigenvalue weighted by molar-refractivity contribution is 7.09. The van der Waals surface area contributed by atoms with Gasteiger partial charge in [-0.15, -0.1) is 0 Å². The average molecular weight is 172 g/mol. The van der Waals surface area contributed by atoms with Crippen LogP contribution in [0, 0.1) is 0 Å². The lowest BCUT2D eigenvalue weighted by atomic mass is 10.2. The fourth-order valence-electron chi connectivity index (χ4n) is 0.770. The molecule has 0 spiro atoms. The minimum absolute atomic E-state index is 0.382. The van der Waals surface area contributed by atoms with Crippen molar-refractivity contribution in [3.05, 3.63) is 6.33 Å². The van der Waals surface area contributed by atoms with Gasteiger partial charge in [0, 0.05) is 17.6 Å². The van der Waals surface area contributed by atoms with Crippen molar-refractivity contribution in [2.75, 3.05) is 11.9 Å². The van der Waals surface area contributed by atoms with Crippen molar-refractivity contribution in [3.63, 3.8) is 0 Å². The Balaban J connectivity index is 2.31. The van der Waals surface area contributed by atoms with Crippen LogP contribution in [0.25, 0.3) is 0 Å². The van der Waals surface area contributed by atoms with E-state index in [-0.39, 0.29) is 0 Å². The molecule has 11 heavy (non-hydrogen) atoms. The number of nitrogens with one attached hydrogen (secondary N) is 1. The van der Waals surface area contributed by atoms with E-state index in [4.69, 9.17) is 5.73 Å². The van der Waals surface area contributed by atoms with E-state index >= 15 is 0 Å². The van der Waals surface area contributed by atoms with Crippen LogP contribution in [0.3, 0.4) is 0 Å². The van der Waals surface area contributed by atoms with Gasteiger partial charge in [-0.2, -0.15) is 4.37 Å². The molecule has 0 aromatic carbocycles. The number of hydrogen-bond acceptors (Lipinski definition) is 5. The summed E-state index contributed by atoms with van der Waals surface area (Å²) in [5.74, 6) is 0. The molecule has 0 amide bonds. The lowest BCUT2D eigenvalue weighted by molar-refractivity contribution is 0.716.